The van der Waals surface area contributed by atoms with Gasteiger partial charge < -0.3 is 14.8 Å². The first-order valence-corrected chi connectivity index (χ1v) is 15.3. The smallest absolute Gasteiger partial charge is 0.490 e. The summed E-state index contributed by atoms with van der Waals surface area (Å²) in [5.41, 5.74) is -3.49. The van der Waals surface area contributed by atoms with Gasteiger partial charge in [0.2, 0.25) is 0 Å². The van der Waals surface area contributed by atoms with Crippen molar-refractivity contribution in [2.75, 3.05) is 10.0 Å². The maximum atomic E-state index is 12.5. The number of amides is 1. The van der Waals surface area contributed by atoms with E-state index in [4.69, 9.17) is 9.47 Å². The highest BCUT2D eigenvalue weighted by Crippen LogP contribution is 2.31. The summed E-state index contributed by atoms with van der Waals surface area (Å²) in [6.45, 7) is 0.399. The van der Waals surface area contributed by atoms with E-state index in [0.29, 0.717) is 29.1 Å². The Morgan fingerprint density at radius 1 is 0.905 bits per heavy atom. The quantitative estimate of drug-likeness (QED) is 0.251. The third-order valence-corrected chi connectivity index (χ3v) is 8.44. The highest BCUT2D eigenvalue weighted by atomic mass is 32.2. The van der Waals surface area contributed by atoms with Gasteiger partial charge in [0.15, 0.2) is 5.17 Å². The fourth-order valence-electron chi connectivity index (χ4n) is 4.26. The molecule has 0 unspecified atom stereocenters. The largest absolute Gasteiger partial charge is 0.516 e. The van der Waals surface area contributed by atoms with Gasteiger partial charge in [0.1, 0.15) is 18.1 Å². The molecule has 8 nitrogen and oxygen atoms in total. The Morgan fingerprint density at radius 2 is 1.52 bits per heavy atom. The molecule has 3 aromatic carbocycles. The second kappa shape index (κ2) is 12.5. The standard InChI is InChI=1S/C29H26F3N3O5S2/c30-29(31,32)42(37,38)35-22-11-9-21(10-12-22)33-28-34-27(36)26(41-28)17-19-5-13-23(14-6-19)39-18-20-7-15-25(16-8-20)40-24-3-1-2-4-24/h5-17,24,35H,1-4,18H2,(H,33,34,36). The molecule has 220 valence electrons. The Labute approximate surface area is 245 Å². The third kappa shape index (κ3) is 7.65. The normalized spacial score (nSPS) is 16.9. The Bertz CT molecular complexity index is 1580. The first-order chi connectivity index (χ1) is 20.0. The van der Waals surface area contributed by atoms with E-state index in [1.54, 1.807) is 6.08 Å². The molecular weight excluding hydrogens is 591 g/mol. The molecule has 3 aromatic rings. The van der Waals surface area contributed by atoms with Crippen molar-refractivity contribution in [1.82, 2.24) is 0 Å². The van der Waals surface area contributed by atoms with E-state index in [2.05, 4.69) is 10.3 Å². The molecular formula is C29H26F3N3O5S2. The number of ether oxygens (including phenoxy) is 2. The van der Waals surface area contributed by atoms with E-state index >= 15 is 0 Å². The number of anilines is 2. The molecule has 0 bridgehead atoms. The van der Waals surface area contributed by atoms with Gasteiger partial charge in [0.25, 0.3) is 5.91 Å². The van der Waals surface area contributed by atoms with Gasteiger partial charge in [0, 0.05) is 11.4 Å². The van der Waals surface area contributed by atoms with Gasteiger partial charge in [0.05, 0.1) is 11.0 Å². The zero-order valence-electron chi connectivity index (χ0n) is 22.1. The second-order valence-corrected chi connectivity index (χ2v) is 12.3. The van der Waals surface area contributed by atoms with Crippen LogP contribution in [0.25, 0.3) is 6.08 Å². The van der Waals surface area contributed by atoms with E-state index in [1.807, 2.05) is 48.5 Å². The van der Waals surface area contributed by atoms with Crippen LogP contribution in [0.3, 0.4) is 0 Å². The van der Waals surface area contributed by atoms with Crippen LogP contribution in [-0.4, -0.2) is 31.1 Å². The van der Waals surface area contributed by atoms with Crippen LogP contribution in [0, 0.1) is 0 Å². The van der Waals surface area contributed by atoms with Crippen LogP contribution >= 0.6 is 11.8 Å². The fourth-order valence-corrected chi connectivity index (χ4v) is 5.66. The lowest BCUT2D eigenvalue weighted by atomic mass is 10.2. The van der Waals surface area contributed by atoms with Gasteiger partial charge in [-0.25, -0.2) is 0 Å². The first kappa shape index (κ1) is 29.5. The van der Waals surface area contributed by atoms with Crippen molar-refractivity contribution in [1.29, 1.82) is 0 Å². The monoisotopic (exact) mass is 617 g/mol. The van der Waals surface area contributed by atoms with E-state index in [9.17, 15) is 26.4 Å². The van der Waals surface area contributed by atoms with Crippen LogP contribution < -0.4 is 19.5 Å². The molecule has 2 aliphatic rings. The zero-order valence-corrected chi connectivity index (χ0v) is 23.7. The van der Waals surface area contributed by atoms with Crippen LogP contribution in [0.15, 0.2) is 82.7 Å². The van der Waals surface area contributed by atoms with Gasteiger partial charge in [-0.2, -0.15) is 26.6 Å². The number of nitrogens with one attached hydrogen (secondary N) is 2. The molecule has 42 heavy (non-hydrogen) atoms. The summed E-state index contributed by atoms with van der Waals surface area (Å²) < 4.78 is 73.5. The summed E-state index contributed by atoms with van der Waals surface area (Å²) in [5.74, 6) is 1.10. The third-order valence-electron chi connectivity index (χ3n) is 6.43. The maximum Gasteiger partial charge on any atom is 0.516 e. The lowest BCUT2D eigenvalue weighted by Crippen LogP contribution is -2.29. The number of nitrogens with zero attached hydrogens (tertiary/aromatic N) is 1. The molecule has 13 heteroatoms. The number of rotatable bonds is 9. The maximum absolute atomic E-state index is 12.5. The number of thioether (sulfide) groups is 1. The number of amidine groups is 1. The number of sulfonamides is 1. The average molecular weight is 618 g/mol. The van der Waals surface area contributed by atoms with Gasteiger partial charge >= 0.3 is 15.5 Å². The van der Waals surface area contributed by atoms with Crippen LogP contribution in [0.4, 0.5) is 24.5 Å². The Balaban J connectivity index is 1.11. The second-order valence-electron chi connectivity index (χ2n) is 9.61. The topological polar surface area (TPSA) is 106 Å². The summed E-state index contributed by atoms with van der Waals surface area (Å²) in [6, 6.07) is 20.2. The van der Waals surface area contributed by atoms with Crippen molar-refractivity contribution in [2.24, 2.45) is 4.99 Å². The predicted octanol–water partition coefficient (Wildman–Crippen LogP) is 6.93. The Kier molecular flexibility index (Phi) is 8.78. The fraction of sp³-hybridized carbons (Fsp3) is 0.241. The number of hydrogen-bond acceptors (Lipinski definition) is 7. The SMILES string of the molecule is O=C1N=C(Nc2ccc(NS(=O)(=O)C(F)(F)F)cc2)SC1=Cc1ccc(OCc2ccc(OC3CCCC3)cc2)cc1. The van der Waals surface area contributed by atoms with E-state index in [-0.39, 0.29) is 10.9 Å². The molecule has 5 rings (SSSR count). The molecule has 0 radical (unpaired) electrons. The van der Waals surface area contributed by atoms with Gasteiger partial charge in [-0.05, 0) is 103 Å². The van der Waals surface area contributed by atoms with Crippen molar-refractivity contribution in [3.8, 4) is 11.5 Å². The van der Waals surface area contributed by atoms with Gasteiger partial charge in [-0.3, -0.25) is 9.52 Å². The molecule has 1 saturated carbocycles. The average Bonchev–Trinajstić information content (AvgIpc) is 3.58. The van der Waals surface area contributed by atoms with Gasteiger partial charge in [-0.1, -0.05) is 24.3 Å². The number of halogens is 3. The minimum atomic E-state index is -5.52. The number of carbonyl (C=O) groups excluding carboxylic acids is 1. The van der Waals surface area contributed by atoms with E-state index < -0.39 is 21.4 Å². The van der Waals surface area contributed by atoms with Crippen LogP contribution in [-0.2, 0) is 21.4 Å². The molecule has 0 aromatic heterocycles. The van der Waals surface area contributed by atoms with Crippen molar-refractivity contribution in [3.63, 3.8) is 0 Å². The lowest BCUT2D eigenvalue weighted by Gasteiger charge is -2.13. The van der Waals surface area contributed by atoms with E-state index in [0.717, 1.165) is 53.6 Å². The molecule has 0 spiro atoms. The molecule has 0 atom stereocenters. The van der Waals surface area contributed by atoms with Crippen LogP contribution in [0.2, 0.25) is 0 Å². The summed E-state index contributed by atoms with van der Waals surface area (Å²) in [6.07, 6.45) is 6.67. The molecule has 1 aliphatic heterocycles. The molecule has 1 heterocycles. The highest BCUT2D eigenvalue weighted by Gasteiger charge is 2.46. The van der Waals surface area contributed by atoms with Crippen LogP contribution in [0.5, 0.6) is 11.5 Å². The zero-order chi connectivity index (χ0) is 29.7. The number of benzene rings is 3. The molecule has 1 aliphatic carbocycles. The molecule has 1 fully saturated rings. The van der Waals surface area contributed by atoms with Gasteiger partial charge in [-0.15, -0.1) is 0 Å². The van der Waals surface area contributed by atoms with Crippen LogP contribution in [0.1, 0.15) is 36.8 Å². The van der Waals surface area contributed by atoms with Crippen molar-refractivity contribution in [3.05, 3.63) is 88.8 Å². The Hall–Kier alpha value is -3.97. The summed E-state index contributed by atoms with van der Waals surface area (Å²) in [4.78, 5) is 16.7. The summed E-state index contributed by atoms with van der Waals surface area (Å²) in [5, 5.41) is 3.17. The van der Waals surface area contributed by atoms with E-state index in [1.165, 1.54) is 29.7 Å². The summed E-state index contributed by atoms with van der Waals surface area (Å²) in [7, 11) is -5.52. The first-order valence-electron chi connectivity index (χ1n) is 13.0. The van der Waals surface area contributed by atoms with Crippen molar-refractivity contribution < 1.29 is 35.9 Å². The highest BCUT2D eigenvalue weighted by molar-refractivity contribution is 8.18. The number of alkyl halides is 3. The minimum Gasteiger partial charge on any atom is -0.490 e. The lowest BCUT2D eigenvalue weighted by molar-refractivity contribution is -0.113. The predicted molar refractivity (Wildman–Crippen MR) is 157 cm³/mol. The molecule has 1 amide bonds. The Morgan fingerprint density at radius 3 is 2.17 bits per heavy atom. The minimum absolute atomic E-state index is 0.259. The molecule has 2 N–H and O–H groups in total. The summed E-state index contributed by atoms with van der Waals surface area (Å²) >= 11 is 1.10. The number of aliphatic imine (C=N–C) groups is 1. The van der Waals surface area contributed by atoms with Crippen molar-refractivity contribution >= 4 is 50.3 Å². The number of hydrogen-bond donors (Lipinski definition) is 2. The molecule has 0 saturated heterocycles. The van der Waals surface area contributed by atoms with Crippen molar-refractivity contribution in [2.45, 2.75) is 43.9 Å². The number of carbonyl (C=O) groups is 1.